The third kappa shape index (κ3) is 5.93. The zero-order valence-corrected chi connectivity index (χ0v) is 20.8. The molecule has 37 heavy (non-hydrogen) atoms. The monoisotopic (exact) mass is 515 g/mol. The van der Waals surface area contributed by atoms with Gasteiger partial charge in [0.15, 0.2) is 17.7 Å². The van der Waals surface area contributed by atoms with Crippen LogP contribution in [0.15, 0.2) is 42.6 Å². The number of esters is 1. The number of fused-ring (bicyclic) bond motifs is 1. The molecule has 190 valence electrons. The van der Waals surface area contributed by atoms with Gasteiger partial charge in [-0.1, -0.05) is 12.1 Å². The molecule has 1 saturated heterocycles. The van der Waals surface area contributed by atoms with Gasteiger partial charge < -0.3 is 24.4 Å². The van der Waals surface area contributed by atoms with Gasteiger partial charge in [-0.15, -0.1) is 0 Å². The van der Waals surface area contributed by atoms with Gasteiger partial charge in [-0.05, 0) is 54.3 Å². The predicted octanol–water partition coefficient (Wildman–Crippen LogP) is 4.30. The van der Waals surface area contributed by atoms with Crippen LogP contribution in [0.4, 0.5) is 15.9 Å². The Balaban J connectivity index is 0.00000320. The van der Waals surface area contributed by atoms with Crippen molar-refractivity contribution in [3.8, 4) is 16.9 Å². The van der Waals surface area contributed by atoms with E-state index in [1.54, 1.807) is 12.3 Å². The summed E-state index contributed by atoms with van der Waals surface area (Å²) >= 11 is 0. The van der Waals surface area contributed by atoms with Crippen LogP contribution in [0.5, 0.6) is 5.75 Å². The molecule has 5 rings (SSSR count). The van der Waals surface area contributed by atoms with Crippen LogP contribution in [-0.4, -0.2) is 73.4 Å². The first-order chi connectivity index (χ1) is 17.4. The number of aryl methyl sites for hydroxylation is 1. The van der Waals surface area contributed by atoms with E-state index in [1.165, 1.54) is 6.92 Å². The Morgan fingerprint density at radius 2 is 1.97 bits per heavy atom. The van der Waals surface area contributed by atoms with E-state index in [1.807, 2.05) is 30.0 Å². The van der Waals surface area contributed by atoms with E-state index >= 15 is 4.39 Å². The Labute approximate surface area is 238 Å². The molecule has 2 aliphatic heterocycles. The van der Waals surface area contributed by atoms with Crippen LogP contribution in [0, 0.1) is 19.7 Å². The first-order valence-corrected chi connectivity index (χ1v) is 12.2. The molecule has 3 heterocycles. The Hall–Kier alpha value is -2.65. The fourth-order valence-corrected chi connectivity index (χ4v) is 4.89. The van der Waals surface area contributed by atoms with Crippen LogP contribution in [0.2, 0.25) is 0 Å². The van der Waals surface area contributed by atoms with Crippen molar-refractivity contribution < 1.29 is 23.4 Å². The van der Waals surface area contributed by atoms with Crippen molar-refractivity contribution in [2.45, 2.75) is 33.4 Å². The van der Waals surface area contributed by atoms with Crippen LogP contribution in [0.25, 0.3) is 11.1 Å². The molecule has 7 nitrogen and oxygen atoms in total. The molecule has 1 fully saturated rings. The number of benzene rings is 2. The van der Waals surface area contributed by atoms with E-state index in [-0.39, 0.29) is 47.4 Å². The number of ether oxygens (including phenoxy) is 3. The number of halogens is 1. The standard InChI is InChI=1S/C28H30FN3O4.Na.H/c1-17-4-5-20(14-30-22-6-7-23-25(13-22)35-16-26(23)36-19(3)33)18(2)27(17)21-12-24(29)28(31-15-21)32-8-10-34-11-9-32;;/h4-7,12-13,15,26,30H,8-11,14,16H2,1-3H3;;/t26-;;/m1../s1. The molecular formula is C28H31FN3NaO4. The van der Waals surface area contributed by atoms with E-state index < -0.39 is 0 Å². The molecule has 0 aliphatic carbocycles. The summed E-state index contributed by atoms with van der Waals surface area (Å²) in [6.07, 6.45) is 1.40. The van der Waals surface area contributed by atoms with Crippen LogP contribution in [0.3, 0.4) is 0 Å². The summed E-state index contributed by atoms with van der Waals surface area (Å²) < 4.78 is 31.5. The number of morpholine rings is 1. The van der Waals surface area contributed by atoms with Crippen LogP contribution in [-0.2, 0) is 20.8 Å². The molecule has 3 aromatic rings. The van der Waals surface area contributed by atoms with E-state index in [0.717, 1.165) is 44.8 Å². The molecule has 1 aromatic heterocycles. The van der Waals surface area contributed by atoms with Gasteiger partial charge in [0.1, 0.15) is 12.4 Å². The molecule has 1 N–H and O–H groups in total. The minimum atomic E-state index is -0.364. The zero-order chi connectivity index (χ0) is 25.2. The van der Waals surface area contributed by atoms with Gasteiger partial charge in [-0.2, -0.15) is 0 Å². The first kappa shape index (κ1) is 27.4. The third-order valence-electron chi connectivity index (χ3n) is 6.75. The van der Waals surface area contributed by atoms with Gasteiger partial charge in [0.05, 0.1) is 13.2 Å². The SMILES string of the molecule is CC(=O)O[C@@H]1COc2cc(NCc3ccc(C)c(-c4cnc(N5CCOCC5)c(F)c4)c3C)ccc21.[NaH]. The van der Waals surface area contributed by atoms with Crippen molar-refractivity contribution in [1.29, 1.82) is 0 Å². The summed E-state index contributed by atoms with van der Waals surface area (Å²) in [5.41, 5.74) is 6.79. The molecule has 0 unspecified atom stereocenters. The number of aromatic nitrogens is 1. The van der Waals surface area contributed by atoms with Gasteiger partial charge in [0, 0.05) is 55.6 Å². The average Bonchev–Trinajstić information content (AvgIpc) is 3.25. The summed E-state index contributed by atoms with van der Waals surface area (Å²) in [4.78, 5) is 17.7. The van der Waals surface area contributed by atoms with Crippen LogP contribution in [0.1, 0.15) is 35.3 Å². The number of rotatable bonds is 6. The molecule has 0 radical (unpaired) electrons. The van der Waals surface area contributed by atoms with Gasteiger partial charge >= 0.3 is 35.5 Å². The second-order valence-electron chi connectivity index (χ2n) is 9.19. The van der Waals surface area contributed by atoms with E-state index in [2.05, 4.69) is 29.4 Å². The number of nitrogens with zero attached hydrogens (tertiary/aromatic N) is 2. The van der Waals surface area contributed by atoms with Crippen molar-refractivity contribution >= 4 is 47.0 Å². The summed E-state index contributed by atoms with van der Waals surface area (Å²) in [7, 11) is 0. The van der Waals surface area contributed by atoms with Crippen molar-refractivity contribution in [2.24, 2.45) is 0 Å². The second-order valence-corrected chi connectivity index (χ2v) is 9.19. The number of hydrogen-bond donors (Lipinski definition) is 1. The Morgan fingerprint density at radius 1 is 1.19 bits per heavy atom. The maximum atomic E-state index is 15.1. The van der Waals surface area contributed by atoms with Crippen molar-refractivity contribution in [3.05, 3.63) is 70.7 Å². The number of carbonyl (C=O) groups is 1. The maximum absolute atomic E-state index is 15.1. The van der Waals surface area contributed by atoms with Crippen LogP contribution < -0.4 is 15.0 Å². The molecule has 2 aliphatic rings. The Morgan fingerprint density at radius 3 is 2.70 bits per heavy atom. The summed E-state index contributed by atoms with van der Waals surface area (Å²) in [6.45, 7) is 8.85. The fourth-order valence-electron chi connectivity index (χ4n) is 4.89. The number of carbonyl (C=O) groups excluding carboxylic acids is 1. The molecule has 9 heteroatoms. The minimum absolute atomic E-state index is 0. The third-order valence-corrected chi connectivity index (χ3v) is 6.75. The number of nitrogens with one attached hydrogen (secondary N) is 1. The number of hydrogen-bond acceptors (Lipinski definition) is 7. The van der Waals surface area contributed by atoms with Gasteiger partial charge in [-0.3, -0.25) is 4.79 Å². The second kappa shape index (κ2) is 11.8. The molecule has 0 amide bonds. The first-order valence-electron chi connectivity index (χ1n) is 12.2. The topological polar surface area (TPSA) is 72.9 Å². The van der Waals surface area contributed by atoms with Gasteiger partial charge in [0.2, 0.25) is 0 Å². The average molecular weight is 516 g/mol. The number of anilines is 2. The quantitative estimate of drug-likeness (QED) is 0.388. The van der Waals surface area contributed by atoms with E-state index in [0.29, 0.717) is 45.3 Å². The van der Waals surface area contributed by atoms with Gasteiger partial charge in [-0.25, -0.2) is 9.37 Å². The van der Waals surface area contributed by atoms with Crippen molar-refractivity contribution in [2.75, 3.05) is 43.1 Å². The molecule has 0 saturated carbocycles. The van der Waals surface area contributed by atoms with Crippen LogP contribution >= 0.6 is 0 Å². The van der Waals surface area contributed by atoms with Crippen molar-refractivity contribution in [1.82, 2.24) is 4.98 Å². The Kier molecular flexibility index (Phi) is 8.75. The normalized spacial score (nSPS) is 16.4. The van der Waals surface area contributed by atoms with E-state index in [9.17, 15) is 4.79 Å². The zero-order valence-electron chi connectivity index (χ0n) is 20.8. The summed E-state index contributed by atoms with van der Waals surface area (Å²) in [5.74, 6) is 0.455. The van der Waals surface area contributed by atoms with Gasteiger partial charge in [0.25, 0.3) is 0 Å². The molecule has 0 spiro atoms. The number of pyridine rings is 1. The summed E-state index contributed by atoms with van der Waals surface area (Å²) in [5, 5.41) is 3.45. The molecule has 1 atom stereocenters. The molecular weight excluding hydrogens is 484 g/mol. The molecule has 0 bridgehead atoms. The predicted molar refractivity (Wildman–Crippen MR) is 143 cm³/mol. The summed E-state index contributed by atoms with van der Waals surface area (Å²) in [6, 6.07) is 11.5. The molecule has 2 aromatic carbocycles. The fraction of sp³-hybridized carbons (Fsp3) is 0.357. The van der Waals surface area contributed by atoms with E-state index in [4.69, 9.17) is 14.2 Å². The Bertz CT molecular complexity index is 1300. The van der Waals surface area contributed by atoms with Crippen molar-refractivity contribution in [3.63, 3.8) is 0 Å².